The van der Waals surface area contributed by atoms with Gasteiger partial charge in [-0.05, 0) is 25.3 Å². The molecule has 2 aliphatic heterocycles. The molecule has 0 aromatic carbocycles. The first kappa shape index (κ1) is 12.0. The molecule has 3 atom stereocenters. The van der Waals surface area contributed by atoms with Gasteiger partial charge in [0.05, 0.1) is 17.9 Å². The Morgan fingerprint density at radius 3 is 2.78 bits per heavy atom. The fraction of sp³-hybridized carbons (Fsp3) is 0.692. The summed E-state index contributed by atoms with van der Waals surface area (Å²) in [6.45, 7) is 0. The highest BCUT2D eigenvalue weighted by Gasteiger charge is 2.42. The zero-order chi connectivity index (χ0) is 12.5. The highest BCUT2D eigenvalue weighted by Crippen LogP contribution is 2.43. The van der Waals surface area contributed by atoms with Crippen molar-refractivity contribution >= 4 is 0 Å². The second-order valence-electron chi connectivity index (χ2n) is 4.86. The molecular weight excluding hydrogens is 232 g/mol. The van der Waals surface area contributed by atoms with Crippen LogP contribution in [0, 0.1) is 0 Å². The third-order valence-corrected chi connectivity index (χ3v) is 3.80. The minimum absolute atomic E-state index is 0.300. The summed E-state index contributed by atoms with van der Waals surface area (Å²) in [5.74, 6) is 1.19. The van der Waals surface area contributed by atoms with Gasteiger partial charge in [-0.25, -0.2) is 9.97 Å². The zero-order valence-corrected chi connectivity index (χ0v) is 10.7. The molecule has 1 aromatic heterocycles. The van der Waals surface area contributed by atoms with E-state index in [-0.39, 0.29) is 0 Å². The monoisotopic (exact) mass is 250 g/mol. The van der Waals surface area contributed by atoms with E-state index in [9.17, 15) is 0 Å². The largest absolute Gasteiger partial charge is 0.374 e. The van der Waals surface area contributed by atoms with E-state index in [1.165, 1.54) is 6.42 Å². The van der Waals surface area contributed by atoms with Gasteiger partial charge in [0.1, 0.15) is 5.82 Å². The minimum atomic E-state index is -0.425. The van der Waals surface area contributed by atoms with E-state index in [0.717, 1.165) is 24.4 Å². The molecule has 3 rings (SSSR count). The third kappa shape index (κ3) is 2.02. The van der Waals surface area contributed by atoms with E-state index in [1.54, 1.807) is 20.4 Å². The van der Waals surface area contributed by atoms with Crippen LogP contribution in [0.4, 0.5) is 0 Å². The van der Waals surface area contributed by atoms with Crippen LogP contribution in [0.5, 0.6) is 0 Å². The summed E-state index contributed by atoms with van der Waals surface area (Å²) in [4.78, 5) is 8.96. The number of aromatic nitrogens is 2. The maximum Gasteiger partial charge on any atom is 0.200 e. The van der Waals surface area contributed by atoms with Gasteiger partial charge in [-0.2, -0.15) is 0 Å². The van der Waals surface area contributed by atoms with Crippen LogP contribution >= 0.6 is 0 Å². The first-order valence-corrected chi connectivity index (χ1v) is 6.35. The van der Waals surface area contributed by atoms with Crippen LogP contribution in [-0.2, 0) is 14.2 Å². The van der Waals surface area contributed by atoms with Crippen LogP contribution in [0.25, 0.3) is 0 Å². The van der Waals surface area contributed by atoms with Gasteiger partial charge in [0, 0.05) is 26.3 Å². The molecule has 0 radical (unpaired) electrons. The van der Waals surface area contributed by atoms with Gasteiger partial charge >= 0.3 is 0 Å². The Balaban J connectivity index is 1.82. The number of fused-ring (bicyclic) bond motifs is 2. The molecule has 98 valence electrons. The number of hydrogen-bond acceptors (Lipinski definition) is 5. The number of methoxy groups -OCH3 is 2. The Hall–Kier alpha value is -1.04. The van der Waals surface area contributed by atoms with Gasteiger partial charge in [-0.15, -0.1) is 0 Å². The lowest BCUT2D eigenvalue weighted by Gasteiger charge is -2.19. The lowest BCUT2D eigenvalue weighted by molar-refractivity contribution is -0.108. The summed E-state index contributed by atoms with van der Waals surface area (Å²) in [6.07, 6.45) is 5.40. The normalized spacial score (nSPS) is 30.3. The van der Waals surface area contributed by atoms with E-state index >= 15 is 0 Å². The summed E-state index contributed by atoms with van der Waals surface area (Å²) < 4.78 is 16.3. The predicted octanol–water partition coefficient (Wildman–Crippen LogP) is 1.80. The molecule has 18 heavy (non-hydrogen) atoms. The van der Waals surface area contributed by atoms with Crippen LogP contribution in [0.3, 0.4) is 0 Å². The molecule has 0 aliphatic carbocycles. The van der Waals surface area contributed by atoms with Crippen molar-refractivity contribution in [3.63, 3.8) is 0 Å². The van der Waals surface area contributed by atoms with Crippen molar-refractivity contribution in [2.45, 2.75) is 43.7 Å². The van der Waals surface area contributed by atoms with Crippen LogP contribution in [0.2, 0.25) is 0 Å². The average Bonchev–Trinajstić information content (AvgIpc) is 3.03. The van der Waals surface area contributed by atoms with Gasteiger partial charge in [0.25, 0.3) is 0 Å². The highest BCUT2D eigenvalue weighted by atomic mass is 16.7. The Morgan fingerprint density at radius 1 is 1.33 bits per heavy atom. The van der Waals surface area contributed by atoms with Crippen LogP contribution in [0.1, 0.15) is 43.0 Å². The summed E-state index contributed by atoms with van der Waals surface area (Å²) in [7, 11) is 3.22. The first-order valence-electron chi connectivity index (χ1n) is 6.35. The third-order valence-electron chi connectivity index (χ3n) is 3.80. The molecular formula is C13H18N2O3. The quantitative estimate of drug-likeness (QED) is 0.763. The van der Waals surface area contributed by atoms with Crippen molar-refractivity contribution < 1.29 is 14.2 Å². The van der Waals surface area contributed by atoms with Crippen molar-refractivity contribution in [3.8, 4) is 0 Å². The fourth-order valence-electron chi connectivity index (χ4n) is 2.95. The molecule has 3 heterocycles. The van der Waals surface area contributed by atoms with E-state index in [1.807, 2.05) is 6.07 Å². The van der Waals surface area contributed by atoms with Crippen LogP contribution in [0.15, 0.2) is 12.3 Å². The van der Waals surface area contributed by atoms with Gasteiger partial charge in [0.2, 0.25) is 6.29 Å². The molecule has 2 fully saturated rings. The number of rotatable bonds is 4. The lowest BCUT2D eigenvalue weighted by atomic mass is 9.88. The van der Waals surface area contributed by atoms with Crippen molar-refractivity contribution in [2.75, 3.05) is 14.2 Å². The second kappa shape index (κ2) is 4.91. The van der Waals surface area contributed by atoms with Crippen molar-refractivity contribution in [1.82, 2.24) is 9.97 Å². The van der Waals surface area contributed by atoms with Crippen LogP contribution < -0.4 is 0 Å². The maximum absolute atomic E-state index is 5.85. The Morgan fingerprint density at radius 2 is 2.17 bits per heavy atom. The molecule has 0 spiro atoms. The lowest BCUT2D eigenvalue weighted by Crippen LogP contribution is -2.18. The van der Waals surface area contributed by atoms with Crippen molar-refractivity contribution in [1.29, 1.82) is 0 Å². The molecule has 0 N–H and O–H groups in total. The predicted molar refractivity (Wildman–Crippen MR) is 64.0 cm³/mol. The van der Waals surface area contributed by atoms with E-state index < -0.39 is 6.29 Å². The van der Waals surface area contributed by atoms with E-state index in [2.05, 4.69) is 9.97 Å². The summed E-state index contributed by atoms with van der Waals surface area (Å²) in [5.41, 5.74) is 0.771. The fourth-order valence-corrected chi connectivity index (χ4v) is 2.95. The number of nitrogens with zero attached hydrogens (tertiary/aromatic N) is 2. The van der Waals surface area contributed by atoms with Crippen LogP contribution in [-0.4, -0.2) is 36.4 Å². The summed E-state index contributed by atoms with van der Waals surface area (Å²) in [5, 5.41) is 0. The Bertz CT molecular complexity index is 422. The van der Waals surface area contributed by atoms with Crippen molar-refractivity contribution in [2.24, 2.45) is 0 Å². The highest BCUT2D eigenvalue weighted by molar-refractivity contribution is 5.12. The minimum Gasteiger partial charge on any atom is -0.374 e. The van der Waals surface area contributed by atoms with Crippen molar-refractivity contribution in [3.05, 3.63) is 23.8 Å². The molecule has 2 bridgehead atoms. The Labute approximate surface area is 106 Å². The van der Waals surface area contributed by atoms with Gasteiger partial charge in [-0.1, -0.05) is 0 Å². The first-order chi connectivity index (χ1) is 8.81. The summed E-state index contributed by atoms with van der Waals surface area (Å²) in [6, 6.07) is 1.83. The van der Waals surface area contributed by atoms with Gasteiger partial charge in [-0.3, -0.25) is 0 Å². The number of hydrogen-bond donors (Lipinski definition) is 0. The average molecular weight is 250 g/mol. The maximum atomic E-state index is 5.85. The second-order valence-corrected chi connectivity index (χ2v) is 4.86. The smallest absolute Gasteiger partial charge is 0.200 e. The standard InChI is InChI=1S/C13H18N2O3/c1-16-13(17-2)10-5-6-14-12(15-10)9-7-8-3-4-11(9)18-8/h5-6,8-9,11,13H,3-4,7H2,1-2H3. The molecule has 1 aromatic rings. The molecule has 2 saturated heterocycles. The zero-order valence-electron chi connectivity index (χ0n) is 10.7. The Kier molecular flexibility index (Phi) is 3.28. The molecule has 3 unspecified atom stereocenters. The molecule has 5 heteroatoms. The molecule has 2 aliphatic rings. The van der Waals surface area contributed by atoms with Gasteiger partial charge < -0.3 is 14.2 Å². The number of ether oxygens (including phenoxy) is 3. The van der Waals surface area contributed by atoms with E-state index in [4.69, 9.17) is 14.2 Å². The topological polar surface area (TPSA) is 53.5 Å². The van der Waals surface area contributed by atoms with E-state index in [0.29, 0.717) is 18.1 Å². The SMILES string of the molecule is COC(OC)c1ccnc(C2CC3CCC2O3)n1. The molecule has 0 saturated carbocycles. The molecule has 0 amide bonds. The summed E-state index contributed by atoms with van der Waals surface area (Å²) >= 11 is 0. The van der Waals surface area contributed by atoms with Gasteiger partial charge in [0.15, 0.2) is 0 Å². The molecule has 5 nitrogen and oxygen atoms in total.